The van der Waals surface area contributed by atoms with E-state index in [1.807, 2.05) is 107 Å². The number of aliphatic hydroxyl groups is 1. The second-order valence-electron chi connectivity index (χ2n) is 12.6. The van der Waals surface area contributed by atoms with E-state index in [1.165, 1.54) is 4.90 Å². The van der Waals surface area contributed by atoms with Gasteiger partial charge in [-0.15, -0.1) is 0 Å². The van der Waals surface area contributed by atoms with E-state index in [0.717, 1.165) is 22.3 Å². The average Bonchev–Trinajstić information content (AvgIpc) is 3.02. The molecule has 0 bridgehead atoms. The number of imide groups is 1. The molecule has 5 amide bonds. The van der Waals surface area contributed by atoms with Gasteiger partial charge < -0.3 is 25.4 Å². The van der Waals surface area contributed by atoms with Crippen LogP contribution in [-0.4, -0.2) is 71.1 Å². The number of hydrogen-bond acceptors (Lipinski definition) is 6. The van der Waals surface area contributed by atoms with Gasteiger partial charge in [0.1, 0.15) is 11.8 Å². The Morgan fingerprint density at radius 3 is 2.04 bits per heavy atom. The molecule has 1 aliphatic heterocycles. The molecule has 4 atom stereocenters. The molecule has 1 saturated heterocycles. The minimum Gasteiger partial charge on any atom is -0.483 e. The summed E-state index contributed by atoms with van der Waals surface area (Å²) in [6, 6.07) is 22.3. The Balaban J connectivity index is 1.53. The van der Waals surface area contributed by atoms with Crippen molar-refractivity contribution in [1.29, 1.82) is 0 Å². The lowest BCUT2D eigenvalue weighted by Gasteiger charge is -2.36. The smallest absolute Gasteiger partial charge is 0.324 e. The van der Waals surface area contributed by atoms with Gasteiger partial charge in [0.15, 0.2) is 6.61 Å². The zero-order valence-corrected chi connectivity index (χ0v) is 27.6. The molecule has 10 heteroatoms. The summed E-state index contributed by atoms with van der Waals surface area (Å²) in [5.41, 5.74) is 3.73. The van der Waals surface area contributed by atoms with Crippen molar-refractivity contribution >= 4 is 23.8 Å². The van der Waals surface area contributed by atoms with Gasteiger partial charge in [-0.3, -0.25) is 19.7 Å². The summed E-state index contributed by atoms with van der Waals surface area (Å²) in [5.74, 6) is -0.701. The molecule has 4 N–H and O–H groups in total. The Bertz CT molecular complexity index is 1490. The molecule has 1 aliphatic rings. The van der Waals surface area contributed by atoms with Crippen LogP contribution in [0.2, 0.25) is 0 Å². The van der Waals surface area contributed by atoms with Crippen LogP contribution in [0.15, 0.2) is 78.9 Å². The van der Waals surface area contributed by atoms with Gasteiger partial charge in [-0.25, -0.2) is 4.79 Å². The van der Waals surface area contributed by atoms with Crippen molar-refractivity contribution in [3.05, 3.63) is 101 Å². The predicted octanol–water partition coefficient (Wildman–Crippen LogP) is 3.85. The van der Waals surface area contributed by atoms with Gasteiger partial charge in [0.25, 0.3) is 5.91 Å². The molecule has 47 heavy (non-hydrogen) atoms. The van der Waals surface area contributed by atoms with Crippen molar-refractivity contribution in [3.8, 4) is 5.75 Å². The number of para-hydroxylation sites is 1. The minimum atomic E-state index is -1.04. The molecular formula is C37H46N4O6. The summed E-state index contributed by atoms with van der Waals surface area (Å²) < 4.78 is 5.89. The Kier molecular flexibility index (Phi) is 12.5. The van der Waals surface area contributed by atoms with Gasteiger partial charge in [0, 0.05) is 19.0 Å². The van der Waals surface area contributed by atoms with Crippen LogP contribution in [0.25, 0.3) is 0 Å². The lowest BCUT2D eigenvalue weighted by atomic mass is 9.92. The molecule has 3 aromatic carbocycles. The number of carbonyl (C=O) groups excluding carboxylic acids is 4. The number of carbonyl (C=O) groups is 4. The van der Waals surface area contributed by atoms with Gasteiger partial charge >= 0.3 is 6.03 Å². The van der Waals surface area contributed by atoms with E-state index >= 15 is 0 Å². The first-order chi connectivity index (χ1) is 22.5. The van der Waals surface area contributed by atoms with Crippen LogP contribution in [0, 0.1) is 19.8 Å². The molecule has 0 radical (unpaired) electrons. The number of nitrogens with zero attached hydrogens (tertiary/aromatic N) is 1. The highest BCUT2D eigenvalue weighted by Crippen LogP contribution is 2.22. The van der Waals surface area contributed by atoms with Gasteiger partial charge in [0.05, 0.1) is 12.1 Å². The van der Waals surface area contributed by atoms with Crippen LogP contribution < -0.4 is 20.7 Å². The first-order valence-electron chi connectivity index (χ1n) is 16.2. The summed E-state index contributed by atoms with van der Waals surface area (Å²) >= 11 is 0. The zero-order chi connectivity index (χ0) is 33.9. The third-order valence-corrected chi connectivity index (χ3v) is 8.39. The fourth-order valence-corrected chi connectivity index (χ4v) is 6.05. The number of benzene rings is 3. The maximum absolute atomic E-state index is 13.8. The number of amides is 5. The standard InChI is InChI=1S/C37H46N4O6/c1-24(2)34(41-19-18-32(43)40-37(41)46)36(45)38-29(20-27-14-7-5-8-15-27)22-31(42)30(21-28-16-9-6-10-17-28)39-33(44)23-47-35-25(3)12-11-13-26(35)4/h5-17,24,29-31,34,42H,18-23H2,1-4H3,(H,38,45)(H,39,44)(H,40,43,46)/t29-,30-,31-,34?/m0/s1. The molecule has 0 aliphatic carbocycles. The topological polar surface area (TPSA) is 137 Å². The largest absolute Gasteiger partial charge is 0.483 e. The fraction of sp³-hybridized carbons (Fsp3) is 0.405. The number of rotatable bonds is 15. The van der Waals surface area contributed by atoms with Crippen LogP contribution in [0.3, 0.4) is 0 Å². The second kappa shape index (κ2) is 16.7. The number of ether oxygens (including phenoxy) is 1. The third kappa shape index (κ3) is 10.1. The summed E-state index contributed by atoms with van der Waals surface area (Å²) in [6.07, 6.45) is -0.0176. The first kappa shape index (κ1) is 35.2. The van der Waals surface area contributed by atoms with Crippen molar-refractivity contribution in [2.24, 2.45) is 5.92 Å². The molecule has 250 valence electrons. The first-order valence-corrected chi connectivity index (χ1v) is 16.2. The molecule has 0 spiro atoms. The highest BCUT2D eigenvalue weighted by atomic mass is 16.5. The molecule has 3 aromatic rings. The maximum Gasteiger partial charge on any atom is 0.324 e. The maximum atomic E-state index is 13.8. The average molecular weight is 643 g/mol. The summed E-state index contributed by atoms with van der Waals surface area (Å²) in [5, 5.41) is 20.1. The van der Waals surface area contributed by atoms with E-state index < -0.39 is 30.3 Å². The van der Waals surface area contributed by atoms with E-state index in [-0.39, 0.29) is 49.6 Å². The monoisotopic (exact) mass is 642 g/mol. The van der Waals surface area contributed by atoms with E-state index in [1.54, 1.807) is 0 Å². The minimum absolute atomic E-state index is 0.113. The predicted molar refractivity (Wildman–Crippen MR) is 180 cm³/mol. The molecule has 0 aromatic heterocycles. The number of aliphatic hydroxyl groups excluding tert-OH is 1. The van der Waals surface area contributed by atoms with Gasteiger partial charge in [0.2, 0.25) is 11.8 Å². The van der Waals surface area contributed by atoms with Crippen LogP contribution in [0.5, 0.6) is 5.75 Å². The summed E-state index contributed by atoms with van der Waals surface area (Å²) in [6.45, 7) is 7.46. The third-order valence-electron chi connectivity index (χ3n) is 8.39. The van der Waals surface area contributed by atoms with E-state index in [4.69, 9.17) is 4.74 Å². The van der Waals surface area contributed by atoms with Crippen molar-refractivity contribution in [2.45, 2.75) is 77.6 Å². The Hall–Kier alpha value is -4.70. The van der Waals surface area contributed by atoms with Gasteiger partial charge in [-0.2, -0.15) is 0 Å². The summed E-state index contributed by atoms with van der Waals surface area (Å²) in [7, 11) is 0. The molecule has 4 rings (SSSR count). The number of urea groups is 1. The normalized spacial score (nSPS) is 15.7. The zero-order valence-electron chi connectivity index (χ0n) is 27.6. The molecular weight excluding hydrogens is 596 g/mol. The van der Waals surface area contributed by atoms with Crippen LogP contribution >= 0.6 is 0 Å². The fourth-order valence-electron chi connectivity index (χ4n) is 6.05. The van der Waals surface area contributed by atoms with Crippen LogP contribution in [0.1, 0.15) is 48.9 Å². The second-order valence-corrected chi connectivity index (χ2v) is 12.6. The van der Waals surface area contributed by atoms with E-state index in [9.17, 15) is 24.3 Å². The number of aryl methyl sites for hydroxylation is 2. The Labute approximate surface area is 276 Å². The lowest BCUT2D eigenvalue weighted by molar-refractivity contribution is -0.130. The molecule has 0 saturated carbocycles. The Morgan fingerprint density at radius 2 is 1.47 bits per heavy atom. The van der Waals surface area contributed by atoms with Crippen molar-refractivity contribution < 1.29 is 29.0 Å². The molecule has 10 nitrogen and oxygen atoms in total. The number of nitrogens with one attached hydrogen (secondary N) is 3. The van der Waals surface area contributed by atoms with Gasteiger partial charge in [-0.05, 0) is 61.3 Å². The molecule has 1 fully saturated rings. The molecule has 1 heterocycles. The lowest BCUT2D eigenvalue weighted by Crippen LogP contribution is -2.60. The quantitative estimate of drug-likeness (QED) is 0.199. The summed E-state index contributed by atoms with van der Waals surface area (Å²) in [4.78, 5) is 52.9. The van der Waals surface area contributed by atoms with Crippen LogP contribution in [0.4, 0.5) is 4.79 Å². The van der Waals surface area contributed by atoms with Crippen LogP contribution in [-0.2, 0) is 27.2 Å². The van der Waals surface area contributed by atoms with Gasteiger partial charge in [-0.1, -0.05) is 92.7 Å². The van der Waals surface area contributed by atoms with E-state index in [0.29, 0.717) is 18.6 Å². The number of hydrogen-bond donors (Lipinski definition) is 4. The van der Waals surface area contributed by atoms with Crippen molar-refractivity contribution in [1.82, 2.24) is 20.9 Å². The highest BCUT2D eigenvalue weighted by Gasteiger charge is 2.37. The molecule has 1 unspecified atom stereocenters. The van der Waals surface area contributed by atoms with E-state index in [2.05, 4.69) is 16.0 Å². The SMILES string of the molecule is Cc1cccc(C)c1OCC(=O)N[C@@H](Cc1ccccc1)[C@@H](O)C[C@H](Cc1ccccc1)NC(=O)C(C(C)C)N1CCC(=O)NC1=O. The highest BCUT2D eigenvalue weighted by molar-refractivity contribution is 5.99. The van der Waals surface area contributed by atoms with Crippen molar-refractivity contribution in [2.75, 3.05) is 13.2 Å². The Morgan fingerprint density at radius 1 is 0.872 bits per heavy atom. The van der Waals surface area contributed by atoms with Crippen molar-refractivity contribution in [3.63, 3.8) is 0 Å².